The second kappa shape index (κ2) is 5.38. The van der Waals surface area contributed by atoms with E-state index in [1.165, 1.54) is 6.33 Å². The first kappa shape index (κ1) is 12.7. The summed E-state index contributed by atoms with van der Waals surface area (Å²) in [7, 11) is 0. The van der Waals surface area contributed by atoms with Gasteiger partial charge in [0.05, 0.1) is 5.52 Å². The molecular formula is C15H17N5. The van der Waals surface area contributed by atoms with E-state index in [0.29, 0.717) is 6.04 Å². The van der Waals surface area contributed by atoms with Crippen molar-refractivity contribution < 1.29 is 0 Å². The molecule has 1 aromatic carbocycles. The number of benzene rings is 1. The van der Waals surface area contributed by atoms with E-state index in [2.05, 4.69) is 41.4 Å². The third-order valence-electron chi connectivity index (χ3n) is 3.12. The lowest BCUT2D eigenvalue weighted by atomic mass is 10.1. The summed E-state index contributed by atoms with van der Waals surface area (Å²) < 4.78 is 1.71. The van der Waals surface area contributed by atoms with E-state index in [1.807, 2.05) is 18.2 Å². The van der Waals surface area contributed by atoms with E-state index in [-0.39, 0.29) is 0 Å². The molecule has 2 aromatic heterocycles. The van der Waals surface area contributed by atoms with Crippen LogP contribution in [0, 0.1) is 0 Å². The van der Waals surface area contributed by atoms with Gasteiger partial charge >= 0.3 is 0 Å². The summed E-state index contributed by atoms with van der Waals surface area (Å²) in [6.07, 6.45) is 3.20. The molecule has 5 heteroatoms. The lowest BCUT2D eigenvalue weighted by molar-refractivity contribution is 0.585. The first-order valence-corrected chi connectivity index (χ1v) is 6.71. The van der Waals surface area contributed by atoms with Crippen LogP contribution in [0.25, 0.3) is 16.7 Å². The summed E-state index contributed by atoms with van der Waals surface area (Å²) in [6.45, 7) is 5.01. The average Bonchev–Trinajstić information content (AvgIpc) is 2.98. The minimum Gasteiger partial charge on any atom is -0.310 e. The zero-order chi connectivity index (χ0) is 13.9. The van der Waals surface area contributed by atoms with Crippen LogP contribution in [0.2, 0.25) is 0 Å². The SMILES string of the molecule is CC(C)NCc1cc2ccccc2nc1-n1cncn1. The lowest BCUT2D eigenvalue weighted by Gasteiger charge is -2.13. The van der Waals surface area contributed by atoms with Gasteiger partial charge in [0.15, 0.2) is 5.82 Å². The minimum atomic E-state index is 0.421. The van der Waals surface area contributed by atoms with Gasteiger partial charge in [0.25, 0.3) is 0 Å². The molecule has 0 unspecified atom stereocenters. The fourth-order valence-corrected chi connectivity index (χ4v) is 2.11. The second-order valence-corrected chi connectivity index (χ2v) is 5.04. The van der Waals surface area contributed by atoms with Crippen molar-refractivity contribution in [2.45, 2.75) is 26.4 Å². The van der Waals surface area contributed by atoms with Crippen LogP contribution in [0.15, 0.2) is 43.0 Å². The van der Waals surface area contributed by atoms with Crippen LogP contribution < -0.4 is 5.32 Å². The summed E-state index contributed by atoms with van der Waals surface area (Å²) in [5, 5.41) is 8.76. The molecule has 3 aromatic rings. The van der Waals surface area contributed by atoms with Gasteiger partial charge in [-0.25, -0.2) is 14.6 Å². The predicted octanol–water partition coefficient (Wildman–Crippen LogP) is 2.31. The Hall–Kier alpha value is -2.27. The molecule has 20 heavy (non-hydrogen) atoms. The number of aromatic nitrogens is 4. The largest absolute Gasteiger partial charge is 0.310 e. The molecule has 0 amide bonds. The Labute approximate surface area is 117 Å². The maximum absolute atomic E-state index is 4.72. The first-order chi connectivity index (χ1) is 9.74. The van der Waals surface area contributed by atoms with Gasteiger partial charge in [-0.1, -0.05) is 32.0 Å². The molecule has 0 bridgehead atoms. The van der Waals surface area contributed by atoms with Crippen molar-refractivity contribution in [2.75, 3.05) is 0 Å². The smallest absolute Gasteiger partial charge is 0.160 e. The zero-order valence-electron chi connectivity index (χ0n) is 11.6. The Kier molecular flexibility index (Phi) is 3.43. The molecule has 0 atom stereocenters. The Balaban J connectivity index is 2.11. The summed E-state index contributed by atoms with van der Waals surface area (Å²) in [6, 6.07) is 10.7. The molecule has 5 nitrogen and oxygen atoms in total. The van der Waals surface area contributed by atoms with Crippen molar-refractivity contribution in [2.24, 2.45) is 0 Å². The quantitative estimate of drug-likeness (QED) is 0.788. The van der Waals surface area contributed by atoms with Crippen molar-refractivity contribution in [1.82, 2.24) is 25.1 Å². The van der Waals surface area contributed by atoms with Crippen molar-refractivity contribution in [3.63, 3.8) is 0 Å². The highest BCUT2D eigenvalue weighted by atomic mass is 15.3. The van der Waals surface area contributed by atoms with E-state index in [9.17, 15) is 0 Å². The van der Waals surface area contributed by atoms with Crippen LogP contribution in [0.1, 0.15) is 19.4 Å². The van der Waals surface area contributed by atoms with Crippen LogP contribution in [-0.2, 0) is 6.54 Å². The fourth-order valence-electron chi connectivity index (χ4n) is 2.11. The molecule has 0 fully saturated rings. The molecule has 0 aliphatic rings. The first-order valence-electron chi connectivity index (χ1n) is 6.71. The van der Waals surface area contributed by atoms with Crippen LogP contribution in [0.3, 0.4) is 0 Å². The van der Waals surface area contributed by atoms with E-state index in [4.69, 9.17) is 4.98 Å². The molecule has 0 radical (unpaired) electrons. The van der Waals surface area contributed by atoms with Gasteiger partial charge in [-0.3, -0.25) is 0 Å². The monoisotopic (exact) mass is 267 g/mol. The Morgan fingerprint density at radius 1 is 1.25 bits per heavy atom. The third-order valence-corrected chi connectivity index (χ3v) is 3.12. The van der Waals surface area contributed by atoms with Crippen LogP contribution in [0.4, 0.5) is 0 Å². The Morgan fingerprint density at radius 2 is 2.10 bits per heavy atom. The highest BCUT2D eigenvalue weighted by Gasteiger charge is 2.09. The number of nitrogens with one attached hydrogen (secondary N) is 1. The average molecular weight is 267 g/mol. The Morgan fingerprint density at radius 3 is 2.85 bits per heavy atom. The highest BCUT2D eigenvalue weighted by molar-refractivity contribution is 5.80. The third kappa shape index (κ3) is 2.53. The molecule has 0 saturated heterocycles. The van der Waals surface area contributed by atoms with Crippen molar-refractivity contribution >= 4 is 10.9 Å². The molecule has 0 saturated carbocycles. The number of hydrogen-bond acceptors (Lipinski definition) is 4. The topological polar surface area (TPSA) is 55.6 Å². The molecular weight excluding hydrogens is 250 g/mol. The maximum atomic E-state index is 4.72. The van der Waals surface area contributed by atoms with Gasteiger partial charge < -0.3 is 5.32 Å². The molecule has 0 aliphatic heterocycles. The number of fused-ring (bicyclic) bond motifs is 1. The number of rotatable bonds is 4. The van der Waals surface area contributed by atoms with Crippen molar-refractivity contribution in [1.29, 1.82) is 0 Å². The normalized spacial score (nSPS) is 11.3. The highest BCUT2D eigenvalue weighted by Crippen LogP contribution is 2.19. The van der Waals surface area contributed by atoms with E-state index >= 15 is 0 Å². The van der Waals surface area contributed by atoms with E-state index in [0.717, 1.165) is 28.8 Å². The van der Waals surface area contributed by atoms with Gasteiger partial charge in [0.1, 0.15) is 12.7 Å². The molecule has 0 aliphatic carbocycles. The van der Waals surface area contributed by atoms with Gasteiger partial charge in [-0.15, -0.1) is 0 Å². The van der Waals surface area contributed by atoms with Crippen LogP contribution in [0.5, 0.6) is 0 Å². The fraction of sp³-hybridized carbons (Fsp3) is 0.267. The molecule has 2 heterocycles. The number of hydrogen-bond donors (Lipinski definition) is 1. The Bertz CT molecular complexity index is 703. The van der Waals surface area contributed by atoms with Gasteiger partial charge in [0, 0.05) is 23.5 Å². The number of pyridine rings is 1. The predicted molar refractivity (Wildman–Crippen MR) is 78.6 cm³/mol. The standard InChI is InChI=1S/C15H17N5/c1-11(2)17-8-13-7-12-5-3-4-6-14(12)19-15(13)20-10-16-9-18-20/h3-7,9-11,17H,8H2,1-2H3. The summed E-state index contributed by atoms with van der Waals surface area (Å²) in [4.78, 5) is 8.72. The van der Waals surface area contributed by atoms with E-state index in [1.54, 1.807) is 11.0 Å². The van der Waals surface area contributed by atoms with Gasteiger partial charge in [-0.2, -0.15) is 5.10 Å². The maximum Gasteiger partial charge on any atom is 0.160 e. The lowest BCUT2D eigenvalue weighted by Crippen LogP contribution is -2.23. The van der Waals surface area contributed by atoms with Crippen LogP contribution >= 0.6 is 0 Å². The molecule has 102 valence electrons. The van der Waals surface area contributed by atoms with E-state index < -0.39 is 0 Å². The number of nitrogens with zero attached hydrogens (tertiary/aromatic N) is 4. The van der Waals surface area contributed by atoms with Crippen LogP contribution in [-0.4, -0.2) is 25.8 Å². The summed E-state index contributed by atoms with van der Waals surface area (Å²) in [5.74, 6) is 0.828. The van der Waals surface area contributed by atoms with Gasteiger partial charge in [-0.05, 0) is 12.1 Å². The second-order valence-electron chi connectivity index (χ2n) is 5.04. The van der Waals surface area contributed by atoms with Crippen molar-refractivity contribution in [3.8, 4) is 5.82 Å². The van der Waals surface area contributed by atoms with Gasteiger partial charge in [0.2, 0.25) is 0 Å². The zero-order valence-corrected chi connectivity index (χ0v) is 11.6. The molecule has 0 spiro atoms. The van der Waals surface area contributed by atoms with Crippen molar-refractivity contribution in [3.05, 3.63) is 48.5 Å². The molecule has 1 N–H and O–H groups in total. The number of para-hydroxylation sites is 1. The summed E-state index contributed by atoms with van der Waals surface area (Å²) >= 11 is 0. The summed E-state index contributed by atoms with van der Waals surface area (Å²) in [5.41, 5.74) is 2.08. The minimum absolute atomic E-state index is 0.421. The molecule has 3 rings (SSSR count).